The molecule has 8 heteroatoms. The predicted octanol–water partition coefficient (Wildman–Crippen LogP) is 5.02. The monoisotopic (exact) mass is 422 g/mol. The SMILES string of the molecule is CC(C)C(=O)N(Cc1cccc(C(F)(F)F)c1)C[C@@H]1CC(c2ccc(F)cc2)=NO1. The molecule has 0 saturated heterocycles. The molecular formula is C22H22F4N2O2. The van der Waals surface area contributed by atoms with Crippen molar-refractivity contribution in [3.05, 3.63) is 71.0 Å². The molecule has 30 heavy (non-hydrogen) atoms. The van der Waals surface area contributed by atoms with Gasteiger partial charge < -0.3 is 9.74 Å². The van der Waals surface area contributed by atoms with Gasteiger partial charge in [0.05, 0.1) is 17.8 Å². The molecule has 1 heterocycles. The van der Waals surface area contributed by atoms with Gasteiger partial charge in [0, 0.05) is 18.9 Å². The molecule has 1 aliphatic rings. The summed E-state index contributed by atoms with van der Waals surface area (Å²) in [6.45, 7) is 3.68. The molecule has 4 nitrogen and oxygen atoms in total. The molecule has 2 aromatic rings. The molecule has 3 rings (SSSR count). The number of amides is 1. The number of benzene rings is 2. The average Bonchev–Trinajstić information content (AvgIpc) is 3.15. The second-order valence-electron chi connectivity index (χ2n) is 7.55. The van der Waals surface area contributed by atoms with E-state index in [1.165, 1.54) is 23.1 Å². The number of nitrogens with zero attached hydrogens (tertiary/aromatic N) is 2. The van der Waals surface area contributed by atoms with E-state index < -0.39 is 17.8 Å². The zero-order chi connectivity index (χ0) is 21.9. The van der Waals surface area contributed by atoms with Crippen LogP contribution in [0.15, 0.2) is 53.7 Å². The summed E-state index contributed by atoms with van der Waals surface area (Å²) in [7, 11) is 0. The van der Waals surface area contributed by atoms with Crippen molar-refractivity contribution in [1.29, 1.82) is 0 Å². The van der Waals surface area contributed by atoms with Gasteiger partial charge in [0.15, 0.2) is 6.10 Å². The first-order valence-corrected chi connectivity index (χ1v) is 9.57. The standard InChI is InChI=1S/C22H22F4N2O2/c1-14(2)21(29)28(12-15-4-3-5-17(10-15)22(24,25)26)13-19-11-20(27-30-19)16-6-8-18(23)9-7-16/h3-10,14,19H,11-13H2,1-2H3/t19-/m0/s1. The molecule has 0 fully saturated rings. The molecule has 0 bridgehead atoms. The van der Waals surface area contributed by atoms with E-state index in [0.29, 0.717) is 17.7 Å². The first-order valence-electron chi connectivity index (χ1n) is 9.57. The maximum Gasteiger partial charge on any atom is 0.416 e. The number of alkyl halides is 3. The molecule has 0 spiro atoms. The Balaban J connectivity index is 1.71. The zero-order valence-electron chi connectivity index (χ0n) is 16.6. The van der Waals surface area contributed by atoms with Gasteiger partial charge in [0.25, 0.3) is 0 Å². The lowest BCUT2D eigenvalue weighted by atomic mass is 10.0. The molecule has 0 unspecified atom stereocenters. The Hall–Kier alpha value is -2.90. The molecule has 160 valence electrons. The van der Waals surface area contributed by atoms with E-state index in [1.807, 2.05) is 0 Å². The highest BCUT2D eigenvalue weighted by atomic mass is 19.4. The van der Waals surface area contributed by atoms with Crippen molar-refractivity contribution < 1.29 is 27.2 Å². The normalized spacial score (nSPS) is 16.4. The van der Waals surface area contributed by atoms with Gasteiger partial charge in [-0.3, -0.25) is 4.79 Å². The smallest absolute Gasteiger partial charge is 0.390 e. The highest BCUT2D eigenvalue weighted by Gasteiger charge is 2.31. The van der Waals surface area contributed by atoms with Gasteiger partial charge in [-0.15, -0.1) is 0 Å². The van der Waals surface area contributed by atoms with Gasteiger partial charge in [0.1, 0.15) is 5.82 Å². The molecule has 0 aromatic heterocycles. The van der Waals surface area contributed by atoms with Crippen LogP contribution < -0.4 is 0 Å². The molecule has 1 aliphatic heterocycles. The predicted molar refractivity (Wildman–Crippen MR) is 104 cm³/mol. The Labute approximate surface area is 172 Å². The summed E-state index contributed by atoms with van der Waals surface area (Å²) in [6.07, 6.45) is -4.47. The van der Waals surface area contributed by atoms with E-state index >= 15 is 0 Å². The van der Waals surface area contributed by atoms with Gasteiger partial charge in [-0.25, -0.2) is 4.39 Å². The van der Waals surface area contributed by atoms with Crippen molar-refractivity contribution >= 4 is 11.6 Å². The first-order chi connectivity index (χ1) is 14.1. The van der Waals surface area contributed by atoms with Crippen LogP contribution in [-0.2, 0) is 22.4 Å². The lowest BCUT2D eigenvalue weighted by Crippen LogP contribution is -2.39. The molecule has 0 aliphatic carbocycles. The van der Waals surface area contributed by atoms with Crippen LogP contribution in [0.25, 0.3) is 0 Å². The number of carbonyl (C=O) groups is 1. The van der Waals surface area contributed by atoms with Gasteiger partial charge >= 0.3 is 6.18 Å². The average molecular weight is 422 g/mol. The lowest BCUT2D eigenvalue weighted by Gasteiger charge is -2.27. The Bertz CT molecular complexity index is 923. The van der Waals surface area contributed by atoms with E-state index in [2.05, 4.69) is 5.16 Å². The molecular weight excluding hydrogens is 400 g/mol. The van der Waals surface area contributed by atoms with Gasteiger partial charge in [0.2, 0.25) is 5.91 Å². The second kappa shape index (κ2) is 8.85. The summed E-state index contributed by atoms with van der Waals surface area (Å²) in [4.78, 5) is 19.6. The third-order valence-electron chi connectivity index (χ3n) is 4.77. The Morgan fingerprint density at radius 1 is 1.20 bits per heavy atom. The van der Waals surface area contributed by atoms with Gasteiger partial charge in [-0.1, -0.05) is 43.3 Å². The minimum Gasteiger partial charge on any atom is -0.390 e. The number of rotatable bonds is 6. The maximum absolute atomic E-state index is 13.1. The van der Waals surface area contributed by atoms with E-state index in [4.69, 9.17) is 4.84 Å². The molecule has 1 amide bonds. The van der Waals surface area contributed by atoms with Crippen LogP contribution in [0.2, 0.25) is 0 Å². The van der Waals surface area contributed by atoms with Crippen LogP contribution in [0, 0.1) is 11.7 Å². The van der Waals surface area contributed by atoms with Crippen molar-refractivity contribution in [3.8, 4) is 0 Å². The van der Waals surface area contributed by atoms with E-state index in [0.717, 1.165) is 17.7 Å². The summed E-state index contributed by atoms with van der Waals surface area (Å²) in [5.41, 5.74) is 0.988. The van der Waals surface area contributed by atoms with Crippen molar-refractivity contribution in [3.63, 3.8) is 0 Å². The number of hydrogen-bond acceptors (Lipinski definition) is 3. The lowest BCUT2D eigenvalue weighted by molar-refractivity contribution is -0.137. The minimum absolute atomic E-state index is 0.0344. The summed E-state index contributed by atoms with van der Waals surface area (Å²) in [5, 5.41) is 4.04. The van der Waals surface area contributed by atoms with E-state index in [1.54, 1.807) is 32.0 Å². The zero-order valence-corrected chi connectivity index (χ0v) is 16.6. The number of halogens is 4. The van der Waals surface area contributed by atoms with Crippen LogP contribution in [-0.4, -0.2) is 29.2 Å². The third kappa shape index (κ3) is 5.37. The highest BCUT2D eigenvalue weighted by molar-refractivity contribution is 6.01. The van der Waals surface area contributed by atoms with Crippen LogP contribution in [0.3, 0.4) is 0 Å². The summed E-state index contributed by atoms with van der Waals surface area (Å²) in [5.74, 6) is -0.870. The van der Waals surface area contributed by atoms with Crippen LogP contribution in [0.5, 0.6) is 0 Å². The maximum atomic E-state index is 13.1. The largest absolute Gasteiger partial charge is 0.416 e. The fourth-order valence-corrected chi connectivity index (χ4v) is 3.25. The Kier molecular flexibility index (Phi) is 6.43. The number of oxime groups is 1. The van der Waals surface area contributed by atoms with Crippen molar-refractivity contribution in [1.82, 2.24) is 4.90 Å². The fourth-order valence-electron chi connectivity index (χ4n) is 3.25. The number of hydrogen-bond donors (Lipinski definition) is 0. The molecule has 0 N–H and O–H groups in total. The fraction of sp³-hybridized carbons (Fsp3) is 0.364. The van der Waals surface area contributed by atoms with Crippen molar-refractivity contribution in [2.75, 3.05) is 6.54 Å². The van der Waals surface area contributed by atoms with Gasteiger partial charge in [-0.05, 0) is 35.4 Å². The van der Waals surface area contributed by atoms with Crippen molar-refractivity contribution in [2.45, 2.75) is 39.1 Å². The van der Waals surface area contributed by atoms with E-state index in [-0.39, 0.29) is 30.7 Å². The summed E-state index contributed by atoms with van der Waals surface area (Å²) < 4.78 is 52.1. The minimum atomic E-state index is -4.45. The third-order valence-corrected chi connectivity index (χ3v) is 4.77. The topological polar surface area (TPSA) is 41.9 Å². The number of carbonyl (C=O) groups excluding carboxylic acids is 1. The van der Waals surface area contributed by atoms with Crippen LogP contribution in [0.1, 0.15) is 37.0 Å². The van der Waals surface area contributed by atoms with Crippen molar-refractivity contribution in [2.24, 2.45) is 11.1 Å². The van der Waals surface area contributed by atoms with Crippen LogP contribution >= 0.6 is 0 Å². The Morgan fingerprint density at radius 3 is 2.53 bits per heavy atom. The summed E-state index contributed by atoms with van der Waals surface area (Å²) in [6, 6.07) is 10.8. The van der Waals surface area contributed by atoms with Crippen LogP contribution in [0.4, 0.5) is 17.6 Å². The quantitative estimate of drug-likeness (QED) is 0.614. The van der Waals surface area contributed by atoms with E-state index in [9.17, 15) is 22.4 Å². The molecule has 2 aromatic carbocycles. The Morgan fingerprint density at radius 2 is 1.90 bits per heavy atom. The molecule has 0 radical (unpaired) electrons. The second-order valence-corrected chi connectivity index (χ2v) is 7.55. The highest BCUT2D eigenvalue weighted by Crippen LogP contribution is 2.30. The molecule has 0 saturated carbocycles. The summed E-state index contributed by atoms with van der Waals surface area (Å²) >= 11 is 0. The van der Waals surface area contributed by atoms with Gasteiger partial charge in [-0.2, -0.15) is 13.2 Å². The first kappa shape index (κ1) is 21.8. The molecule has 1 atom stereocenters.